The van der Waals surface area contributed by atoms with Crippen LogP contribution in [-0.2, 0) is 11.3 Å². The highest BCUT2D eigenvalue weighted by atomic mass is 32.1. The summed E-state index contributed by atoms with van der Waals surface area (Å²) in [5.41, 5.74) is 0.214. The molecule has 0 saturated heterocycles. The lowest BCUT2D eigenvalue weighted by molar-refractivity contribution is 0.0486. The van der Waals surface area contributed by atoms with Crippen molar-refractivity contribution in [2.75, 3.05) is 6.61 Å². The molecule has 0 aliphatic heterocycles. The van der Waals surface area contributed by atoms with Crippen molar-refractivity contribution in [2.24, 2.45) is 0 Å². The van der Waals surface area contributed by atoms with E-state index in [4.69, 9.17) is 4.74 Å². The summed E-state index contributed by atoms with van der Waals surface area (Å²) in [5.74, 6) is -0.482. The van der Waals surface area contributed by atoms with E-state index in [1.54, 1.807) is 28.2 Å². The van der Waals surface area contributed by atoms with Gasteiger partial charge in [-0.05, 0) is 24.3 Å². The van der Waals surface area contributed by atoms with Gasteiger partial charge in [0.2, 0.25) is 0 Å². The number of fused-ring (bicyclic) bond motifs is 1. The SMILES string of the molecule is O=C(OCCn1sc2ccccc2c1=O)c1ccccn1. The Kier molecular flexibility index (Phi) is 3.79. The third kappa shape index (κ3) is 2.85. The largest absolute Gasteiger partial charge is 0.459 e. The van der Waals surface area contributed by atoms with E-state index < -0.39 is 5.97 Å². The molecule has 1 aromatic carbocycles. The summed E-state index contributed by atoms with van der Waals surface area (Å²) in [6, 6.07) is 12.5. The van der Waals surface area contributed by atoms with Crippen molar-refractivity contribution in [3.05, 3.63) is 64.7 Å². The minimum atomic E-state index is -0.482. The van der Waals surface area contributed by atoms with Crippen LogP contribution in [0, 0.1) is 0 Å². The third-order valence-electron chi connectivity index (χ3n) is 2.95. The molecule has 0 N–H and O–H groups in total. The number of benzene rings is 1. The smallest absolute Gasteiger partial charge is 0.356 e. The Bertz CT molecular complexity index is 824. The highest BCUT2D eigenvalue weighted by Crippen LogP contribution is 2.15. The summed E-state index contributed by atoms with van der Waals surface area (Å²) in [5, 5.41) is 0.693. The molecule has 0 atom stereocenters. The number of ether oxygens (including phenoxy) is 1. The van der Waals surface area contributed by atoms with Crippen LogP contribution in [0.15, 0.2) is 53.5 Å². The summed E-state index contributed by atoms with van der Waals surface area (Å²) in [4.78, 5) is 27.7. The first kappa shape index (κ1) is 13.5. The Morgan fingerprint density at radius 2 is 2.00 bits per heavy atom. The van der Waals surface area contributed by atoms with E-state index in [0.29, 0.717) is 11.9 Å². The average molecular weight is 300 g/mol. The van der Waals surface area contributed by atoms with Gasteiger partial charge in [0.15, 0.2) is 0 Å². The van der Waals surface area contributed by atoms with E-state index in [1.165, 1.54) is 17.7 Å². The van der Waals surface area contributed by atoms with Crippen molar-refractivity contribution >= 4 is 27.6 Å². The monoisotopic (exact) mass is 300 g/mol. The van der Waals surface area contributed by atoms with Gasteiger partial charge in [-0.25, -0.2) is 9.78 Å². The molecule has 0 spiro atoms. The van der Waals surface area contributed by atoms with Crippen molar-refractivity contribution in [2.45, 2.75) is 6.54 Å². The zero-order valence-corrected chi connectivity index (χ0v) is 11.9. The van der Waals surface area contributed by atoms with E-state index in [2.05, 4.69) is 4.98 Å². The number of pyridine rings is 1. The van der Waals surface area contributed by atoms with Crippen LogP contribution in [0.2, 0.25) is 0 Å². The quantitative estimate of drug-likeness (QED) is 0.694. The molecule has 106 valence electrons. The van der Waals surface area contributed by atoms with Crippen LogP contribution in [0.1, 0.15) is 10.5 Å². The van der Waals surface area contributed by atoms with Gasteiger partial charge in [-0.3, -0.25) is 8.75 Å². The molecular formula is C15H12N2O3S. The van der Waals surface area contributed by atoms with E-state index in [0.717, 1.165) is 4.70 Å². The molecule has 0 amide bonds. The van der Waals surface area contributed by atoms with Gasteiger partial charge in [0.1, 0.15) is 12.3 Å². The Balaban J connectivity index is 1.66. The molecule has 0 aliphatic rings. The van der Waals surface area contributed by atoms with E-state index in [1.807, 2.05) is 18.2 Å². The molecule has 2 heterocycles. The molecule has 21 heavy (non-hydrogen) atoms. The number of carbonyl (C=O) groups excluding carboxylic acids is 1. The summed E-state index contributed by atoms with van der Waals surface area (Å²) in [6.45, 7) is 0.485. The fourth-order valence-corrected chi connectivity index (χ4v) is 2.92. The maximum atomic E-state index is 12.1. The summed E-state index contributed by atoms with van der Waals surface area (Å²) >= 11 is 1.37. The van der Waals surface area contributed by atoms with Gasteiger partial charge in [-0.2, -0.15) is 0 Å². The average Bonchev–Trinajstić information content (AvgIpc) is 2.85. The highest BCUT2D eigenvalue weighted by molar-refractivity contribution is 7.13. The maximum absolute atomic E-state index is 12.1. The topological polar surface area (TPSA) is 61.2 Å². The van der Waals surface area contributed by atoms with Crippen molar-refractivity contribution in [1.29, 1.82) is 0 Å². The lowest BCUT2D eigenvalue weighted by Crippen LogP contribution is -2.18. The molecule has 0 aliphatic carbocycles. The van der Waals surface area contributed by atoms with Crippen LogP contribution in [0.4, 0.5) is 0 Å². The van der Waals surface area contributed by atoms with Crippen LogP contribution in [-0.4, -0.2) is 21.5 Å². The maximum Gasteiger partial charge on any atom is 0.356 e. The number of hydrogen-bond donors (Lipinski definition) is 0. The number of aromatic nitrogens is 2. The third-order valence-corrected chi connectivity index (χ3v) is 4.08. The van der Waals surface area contributed by atoms with Crippen LogP contribution in [0.5, 0.6) is 0 Å². The van der Waals surface area contributed by atoms with Crippen molar-refractivity contribution in [3.63, 3.8) is 0 Å². The summed E-state index contributed by atoms with van der Waals surface area (Å²) in [7, 11) is 0. The van der Waals surface area contributed by atoms with Gasteiger partial charge in [0.25, 0.3) is 5.56 Å². The molecule has 6 heteroatoms. The minimum Gasteiger partial charge on any atom is -0.459 e. The van der Waals surface area contributed by atoms with Gasteiger partial charge in [-0.1, -0.05) is 29.7 Å². The Labute approximate surface area is 124 Å². The second kappa shape index (κ2) is 5.88. The van der Waals surface area contributed by atoms with Crippen LogP contribution in [0.3, 0.4) is 0 Å². The lowest BCUT2D eigenvalue weighted by atomic mass is 10.3. The molecule has 0 saturated carbocycles. The second-order valence-electron chi connectivity index (χ2n) is 4.35. The number of nitrogens with zero attached hydrogens (tertiary/aromatic N) is 2. The molecule has 0 bridgehead atoms. The number of hydrogen-bond acceptors (Lipinski definition) is 5. The van der Waals surface area contributed by atoms with Gasteiger partial charge >= 0.3 is 5.97 Å². The minimum absolute atomic E-state index is 0.0514. The van der Waals surface area contributed by atoms with E-state index in [9.17, 15) is 9.59 Å². The first-order valence-electron chi connectivity index (χ1n) is 6.43. The summed E-state index contributed by atoms with van der Waals surface area (Å²) < 4.78 is 7.65. The number of rotatable bonds is 4. The Morgan fingerprint density at radius 3 is 2.76 bits per heavy atom. The predicted octanol–water partition coefficient (Wildman–Crippen LogP) is 2.32. The normalized spacial score (nSPS) is 10.7. The molecule has 3 aromatic rings. The number of carbonyl (C=O) groups is 1. The molecule has 5 nitrogen and oxygen atoms in total. The van der Waals surface area contributed by atoms with Gasteiger partial charge in [0.05, 0.1) is 16.6 Å². The zero-order valence-electron chi connectivity index (χ0n) is 11.1. The molecular weight excluding hydrogens is 288 g/mol. The highest BCUT2D eigenvalue weighted by Gasteiger charge is 2.10. The molecule has 0 radical (unpaired) electrons. The molecule has 3 rings (SSSR count). The van der Waals surface area contributed by atoms with Crippen molar-refractivity contribution in [1.82, 2.24) is 8.94 Å². The first-order valence-corrected chi connectivity index (χ1v) is 7.20. The number of esters is 1. The van der Waals surface area contributed by atoms with Crippen LogP contribution < -0.4 is 5.56 Å². The fraction of sp³-hybridized carbons (Fsp3) is 0.133. The second-order valence-corrected chi connectivity index (χ2v) is 5.41. The summed E-state index contributed by atoms with van der Waals surface area (Å²) in [6.07, 6.45) is 1.53. The first-order chi connectivity index (χ1) is 10.3. The van der Waals surface area contributed by atoms with Crippen LogP contribution >= 0.6 is 11.5 Å². The fourth-order valence-electron chi connectivity index (χ4n) is 1.94. The van der Waals surface area contributed by atoms with Gasteiger partial charge in [-0.15, -0.1) is 0 Å². The molecule has 2 aromatic heterocycles. The standard InChI is InChI=1S/C15H12N2O3S/c18-14-11-5-1-2-7-13(11)21-17(14)9-10-20-15(19)12-6-3-4-8-16-12/h1-8H,9-10H2. The van der Waals surface area contributed by atoms with Gasteiger partial charge < -0.3 is 4.74 Å². The molecule has 0 unspecified atom stereocenters. The van der Waals surface area contributed by atoms with Crippen LogP contribution in [0.25, 0.3) is 10.1 Å². The lowest BCUT2D eigenvalue weighted by Gasteiger charge is -2.03. The van der Waals surface area contributed by atoms with E-state index in [-0.39, 0.29) is 17.9 Å². The Hall–Kier alpha value is -2.47. The van der Waals surface area contributed by atoms with Gasteiger partial charge in [0, 0.05) is 6.20 Å². The van der Waals surface area contributed by atoms with Crippen molar-refractivity contribution < 1.29 is 9.53 Å². The molecule has 0 fully saturated rings. The van der Waals surface area contributed by atoms with E-state index >= 15 is 0 Å². The zero-order chi connectivity index (χ0) is 14.7. The predicted molar refractivity (Wildman–Crippen MR) is 80.6 cm³/mol. The Morgan fingerprint density at radius 1 is 1.19 bits per heavy atom. The van der Waals surface area contributed by atoms with Crippen molar-refractivity contribution in [3.8, 4) is 0 Å².